The van der Waals surface area contributed by atoms with E-state index in [4.69, 9.17) is 16.3 Å². The molecule has 0 radical (unpaired) electrons. The number of ether oxygens (including phenoxy) is 1. The molecule has 0 saturated carbocycles. The number of sulfonamides is 1. The molecule has 1 aliphatic rings. The lowest BCUT2D eigenvalue weighted by Crippen LogP contribution is -2.41. The zero-order valence-electron chi connectivity index (χ0n) is 15.0. The maximum absolute atomic E-state index is 13.1. The summed E-state index contributed by atoms with van der Waals surface area (Å²) < 4.78 is 45.1. The lowest BCUT2D eigenvalue weighted by Gasteiger charge is -2.26. The highest BCUT2D eigenvalue weighted by molar-refractivity contribution is 7.88. The van der Waals surface area contributed by atoms with Crippen LogP contribution in [0.5, 0.6) is 0 Å². The highest BCUT2D eigenvalue weighted by Crippen LogP contribution is 2.19. The summed E-state index contributed by atoms with van der Waals surface area (Å²) in [7, 11) is -3.48. The second-order valence-electron chi connectivity index (χ2n) is 6.34. The van der Waals surface area contributed by atoms with Gasteiger partial charge in [0.05, 0.1) is 29.6 Å². The molecule has 6 nitrogen and oxygen atoms in total. The highest BCUT2D eigenvalue weighted by Gasteiger charge is 2.25. The van der Waals surface area contributed by atoms with Crippen LogP contribution in [0, 0.1) is 5.82 Å². The Kier molecular flexibility index (Phi) is 6.66. The van der Waals surface area contributed by atoms with Crippen molar-refractivity contribution < 1.29 is 22.3 Å². The summed E-state index contributed by atoms with van der Waals surface area (Å²) in [5.41, 5.74) is 1.45. The first-order valence-corrected chi connectivity index (χ1v) is 10.7. The minimum Gasteiger partial charge on any atom is -0.379 e. The van der Waals surface area contributed by atoms with Crippen molar-refractivity contribution in [3.8, 4) is 0 Å². The predicted octanol–water partition coefficient (Wildman–Crippen LogP) is 2.57. The molecule has 28 heavy (non-hydrogen) atoms. The average Bonchev–Trinajstić information content (AvgIpc) is 2.67. The molecule has 0 bridgehead atoms. The van der Waals surface area contributed by atoms with E-state index >= 15 is 0 Å². The second kappa shape index (κ2) is 9.00. The first-order chi connectivity index (χ1) is 13.4. The zero-order chi connectivity index (χ0) is 20.1. The molecule has 1 saturated heterocycles. The van der Waals surface area contributed by atoms with Crippen molar-refractivity contribution in [1.29, 1.82) is 0 Å². The largest absolute Gasteiger partial charge is 0.379 e. The normalized spacial score (nSPS) is 15.4. The van der Waals surface area contributed by atoms with Crippen LogP contribution in [0.4, 0.5) is 4.39 Å². The standard InChI is InChI=1S/C19H20ClFN2O4S/c20-18-11-16(21)5-6-17(18)19(24)22-12-14-3-1-2-4-15(14)13-28(25,26)23-7-9-27-10-8-23/h1-6,11H,7-10,12-13H2,(H,22,24). The first-order valence-electron chi connectivity index (χ1n) is 8.72. The van der Waals surface area contributed by atoms with Crippen molar-refractivity contribution in [2.24, 2.45) is 0 Å². The molecule has 1 fully saturated rings. The quantitative estimate of drug-likeness (QED) is 0.770. The Labute approximate surface area is 168 Å². The summed E-state index contributed by atoms with van der Waals surface area (Å²) in [6.45, 7) is 1.57. The average molecular weight is 427 g/mol. The van der Waals surface area contributed by atoms with Crippen molar-refractivity contribution in [2.75, 3.05) is 26.3 Å². The minimum absolute atomic E-state index is 0.0145. The molecule has 1 heterocycles. The molecular formula is C19H20ClFN2O4S. The molecule has 150 valence electrons. The molecule has 2 aromatic rings. The molecule has 0 spiro atoms. The third-order valence-electron chi connectivity index (χ3n) is 4.43. The Hall–Kier alpha value is -2.00. The lowest BCUT2D eigenvalue weighted by molar-refractivity contribution is 0.0729. The van der Waals surface area contributed by atoms with E-state index in [2.05, 4.69) is 5.32 Å². The van der Waals surface area contributed by atoms with E-state index in [0.717, 1.165) is 12.1 Å². The Morgan fingerprint density at radius 2 is 1.82 bits per heavy atom. The third kappa shape index (κ3) is 5.08. The number of nitrogens with zero attached hydrogens (tertiary/aromatic N) is 1. The molecule has 2 aromatic carbocycles. The number of benzene rings is 2. The predicted molar refractivity (Wildman–Crippen MR) is 104 cm³/mol. The first kappa shape index (κ1) is 20.7. The van der Waals surface area contributed by atoms with Gasteiger partial charge in [0.25, 0.3) is 5.91 Å². The van der Waals surface area contributed by atoms with Crippen LogP contribution in [-0.2, 0) is 27.1 Å². The van der Waals surface area contributed by atoms with Gasteiger partial charge in [0.1, 0.15) is 5.82 Å². The monoisotopic (exact) mass is 426 g/mol. The van der Waals surface area contributed by atoms with Crippen LogP contribution in [0.2, 0.25) is 5.02 Å². The summed E-state index contributed by atoms with van der Waals surface area (Å²) >= 11 is 5.91. The van der Waals surface area contributed by atoms with Crippen LogP contribution in [0.3, 0.4) is 0 Å². The Morgan fingerprint density at radius 1 is 1.14 bits per heavy atom. The maximum Gasteiger partial charge on any atom is 0.253 e. The number of carbonyl (C=O) groups is 1. The molecule has 9 heteroatoms. The van der Waals surface area contributed by atoms with Gasteiger partial charge in [-0.2, -0.15) is 4.31 Å². The summed E-state index contributed by atoms with van der Waals surface area (Å²) in [5, 5.41) is 2.72. The Bertz CT molecular complexity index is 962. The van der Waals surface area contributed by atoms with E-state index < -0.39 is 21.7 Å². The molecular weight excluding hydrogens is 407 g/mol. The van der Waals surface area contributed by atoms with E-state index in [1.54, 1.807) is 24.3 Å². The minimum atomic E-state index is -3.48. The molecule has 3 rings (SSSR count). The number of hydrogen-bond donors (Lipinski definition) is 1. The van der Waals surface area contributed by atoms with Gasteiger partial charge in [-0.05, 0) is 29.3 Å². The maximum atomic E-state index is 13.1. The molecule has 1 N–H and O–H groups in total. The SMILES string of the molecule is O=C(NCc1ccccc1CS(=O)(=O)N1CCOCC1)c1ccc(F)cc1Cl. The van der Waals surface area contributed by atoms with Gasteiger partial charge in [0, 0.05) is 19.6 Å². The van der Waals surface area contributed by atoms with Gasteiger partial charge in [0.15, 0.2) is 0 Å². The van der Waals surface area contributed by atoms with E-state index in [1.807, 2.05) is 0 Å². The Balaban J connectivity index is 1.71. The van der Waals surface area contributed by atoms with Gasteiger partial charge < -0.3 is 10.1 Å². The molecule has 1 aliphatic heterocycles. The summed E-state index contributed by atoms with van der Waals surface area (Å²) in [4.78, 5) is 12.3. The van der Waals surface area contributed by atoms with Crippen molar-refractivity contribution >= 4 is 27.5 Å². The van der Waals surface area contributed by atoms with E-state index in [0.29, 0.717) is 37.4 Å². The van der Waals surface area contributed by atoms with Gasteiger partial charge in [0.2, 0.25) is 10.0 Å². The van der Waals surface area contributed by atoms with Crippen molar-refractivity contribution in [3.05, 3.63) is 70.0 Å². The van der Waals surface area contributed by atoms with Crippen LogP contribution >= 0.6 is 11.6 Å². The summed E-state index contributed by atoms with van der Waals surface area (Å²) in [6.07, 6.45) is 0. The van der Waals surface area contributed by atoms with Gasteiger partial charge in [-0.3, -0.25) is 4.79 Å². The van der Waals surface area contributed by atoms with Crippen molar-refractivity contribution in [1.82, 2.24) is 9.62 Å². The third-order valence-corrected chi connectivity index (χ3v) is 6.58. The number of nitrogens with one attached hydrogen (secondary N) is 1. The fourth-order valence-electron chi connectivity index (χ4n) is 2.93. The number of morpholine rings is 1. The Morgan fingerprint density at radius 3 is 2.50 bits per heavy atom. The zero-order valence-corrected chi connectivity index (χ0v) is 16.6. The summed E-state index contributed by atoms with van der Waals surface area (Å²) in [5.74, 6) is -1.15. The van der Waals surface area contributed by atoms with Crippen LogP contribution in [0.15, 0.2) is 42.5 Å². The number of hydrogen-bond acceptors (Lipinski definition) is 4. The second-order valence-corrected chi connectivity index (χ2v) is 8.72. The van der Waals surface area contributed by atoms with Gasteiger partial charge in [-0.25, -0.2) is 12.8 Å². The van der Waals surface area contributed by atoms with Crippen LogP contribution in [0.25, 0.3) is 0 Å². The van der Waals surface area contributed by atoms with Gasteiger partial charge >= 0.3 is 0 Å². The van der Waals surface area contributed by atoms with Crippen molar-refractivity contribution in [2.45, 2.75) is 12.3 Å². The number of carbonyl (C=O) groups excluding carboxylic acids is 1. The van der Waals surface area contributed by atoms with Gasteiger partial charge in [-0.15, -0.1) is 0 Å². The fourth-order valence-corrected chi connectivity index (χ4v) is 4.74. The lowest BCUT2D eigenvalue weighted by atomic mass is 10.1. The van der Waals surface area contributed by atoms with Crippen LogP contribution < -0.4 is 5.32 Å². The number of rotatable bonds is 6. The highest BCUT2D eigenvalue weighted by atomic mass is 35.5. The molecule has 0 aliphatic carbocycles. The molecule has 0 unspecified atom stereocenters. The van der Waals surface area contributed by atoms with Crippen molar-refractivity contribution in [3.63, 3.8) is 0 Å². The van der Waals surface area contributed by atoms with Crippen LogP contribution in [-0.4, -0.2) is 44.9 Å². The van der Waals surface area contributed by atoms with E-state index in [9.17, 15) is 17.6 Å². The smallest absolute Gasteiger partial charge is 0.253 e. The fraction of sp³-hybridized carbons (Fsp3) is 0.316. The van der Waals surface area contributed by atoms with E-state index in [-0.39, 0.29) is 22.9 Å². The topological polar surface area (TPSA) is 75.7 Å². The number of amides is 1. The summed E-state index contributed by atoms with van der Waals surface area (Å²) in [6, 6.07) is 10.6. The number of halogens is 2. The molecule has 0 aromatic heterocycles. The van der Waals surface area contributed by atoms with E-state index in [1.165, 1.54) is 10.4 Å². The van der Waals surface area contributed by atoms with Crippen LogP contribution in [0.1, 0.15) is 21.5 Å². The molecule has 1 amide bonds. The molecule has 0 atom stereocenters. The van der Waals surface area contributed by atoms with Gasteiger partial charge in [-0.1, -0.05) is 35.9 Å².